The number of halogens is 8. The van der Waals surface area contributed by atoms with Gasteiger partial charge in [-0.05, 0) is 91.1 Å². The number of aryl methyl sites for hydroxylation is 3. The van der Waals surface area contributed by atoms with Crippen molar-refractivity contribution >= 4 is 31.1 Å². The van der Waals surface area contributed by atoms with Gasteiger partial charge in [-0.25, -0.2) is 30.6 Å². The van der Waals surface area contributed by atoms with E-state index < -0.39 is 54.8 Å². The molecule has 0 bridgehead atoms. The van der Waals surface area contributed by atoms with E-state index in [0.717, 1.165) is 35.4 Å². The van der Waals surface area contributed by atoms with Gasteiger partial charge in [0, 0.05) is 54.5 Å². The lowest BCUT2D eigenvalue weighted by atomic mass is 10.0. The molecule has 0 saturated heterocycles. The number of fused-ring (bicyclic) bond motifs is 2. The fourth-order valence-corrected chi connectivity index (χ4v) is 9.65. The van der Waals surface area contributed by atoms with Crippen LogP contribution >= 0.6 is 0 Å². The lowest BCUT2D eigenvalue weighted by molar-refractivity contribution is -0.138. The molecule has 3 aliphatic rings. The molecule has 3 aromatic heterocycles. The second kappa shape index (κ2) is 17.8. The van der Waals surface area contributed by atoms with Crippen molar-refractivity contribution in [2.45, 2.75) is 69.7 Å². The summed E-state index contributed by atoms with van der Waals surface area (Å²) in [5.41, 5.74) is 1.64. The van der Waals surface area contributed by atoms with Gasteiger partial charge in [0.05, 0.1) is 43.8 Å². The largest absolute Gasteiger partial charge is 0.416 e. The lowest BCUT2D eigenvalue weighted by Gasteiger charge is -2.13. The minimum Gasteiger partial charge on any atom is -0.344 e. The number of nitrogens with zero attached hydrogens (tertiary/aromatic N) is 5. The van der Waals surface area contributed by atoms with E-state index in [1.165, 1.54) is 68.8 Å². The number of aromatic nitrogens is 5. The molecule has 0 saturated carbocycles. The fraction of sp³-hybridized carbons (Fsp3) is 0.234. The maximum atomic E-state index is 15.5. The molecule has 66 heavy (non-hydrogen) atoms. The van der Waals surface area contributed by atoms with E-state index in [9.17, 15) is 43.2 Å². The average molecular weight is 954 g/mol. The smallest absolute Gasteiger partial charge is 0.344 e. The Hall–Kier alpha value is -6.34. The summed E-state index contributed by atoms with van der Waals surface area (Å²) in [6, 6.07) is 15.0. The highest BCUT2D eigenvalue weighted by atomic mass is 32.2. The van der Waals surface area contributed by atoms with Crippen LogP contribution in [0, 0.1) is 19.7 Å². The van der Waals surface area contributed by atoms with E-state index in [2.05, 4.69) is 19.9 Å². The van der Waals surface area contributed by atoms with Gasteiger partial charge in [0.15, 0.2) is 31.3 Å². The van der Waals surface area contributed by atoms with E-state index in [1.54, 1.807) is 22.9 Å². The lowest BCUT2D eigenvalue weighted by Crippen LogP contribution is -2.10. The number of pyridine rings is 4. The molecule has 9 nitrogen and oxygen atoms in total. The zero-order valence-corrected chi connectivity index (χ0v) is 37.4. The van der Waals surface area contributed by atoms with Crippen molar-refractivity contribution in [3.63, 3.8) is 0 Å². The number of benzene rings is 2. The van der Waals surface area contributed by atoms with E-state index in [-0.39, 0.29) is 84.0 Å². The van der Waals surface area contributed by atoms with Crippen LogP contribution in [0.25, 0.3) is 56.4 Å². The van der Waals surface area contributed by atoms with E-state index in [0.29, 0.717) is 17.8 Å². The third kappa shape index (κ3) is 9.36. The second-order valence-electron chi connectivity index (χ2n) is 15.4. The van der Waals surface area contributed by atoms with Gasteiger partial charge >= 0.3 is 12.4 Å². The predicted octanol–water partition coefficient (Wildman–Crippen LogP) is 11.7. The zero-order valence-electron chi connectivity index (χ0n) is 35.8. The van der Waals surface area contributed by atoms with Gasteiger partial charge < -0.3 is 4.57 Å². The van der Waals surface area contributed by atoms with Gasteiger partial charge in [0.2, 0.25) is 0 Å². The third-order valence-corrected chi connectivity index (χ3v) is 14.4. The molecule has 8 rings (SSSR count). The van der Waals surface area contributed by atoms with Gasteiger partial charge in [-0.15, -0.1) is 0 Å². The van der Waals surface area contributed by atoms with Gasteiger partial charge in [-0.2, -0.15) is 26.3 Å². The predicted molar refractivity (Wildman–Crippen MR) is 234 cm³/mol. The van der Waals surface area contributed by atoms with Crippen molar-refractivity contribution in [1.29, 1.82) is 0 Å². The van der Waals surface area contributed by atoms with Crippen molar-refractivity contribution < 1.29 is 52.0 Å². The summed E-state index contributed by atoms with van der Waals surface area (Å²) in [5.74, 6) is -1.92. The Morgan fingerprint density at radius 2 is 1.12 bits per heavy atom. The van der Waals surface area contributed by atoms with E-state index in [4.69, 9.17) is 0 Å². The number of alkyl halides is 6. The molecule has 2 aromatic carbocycles. The van der Waals surface area contributed by atoms with Crippen LogP contribution in [0.4, 0.5) is 35.1 Å². The summed E-state index contributed by atoms with van der Waals surface area (Å²) in [7, 11) is -7.78. The summed E-state index contributed by atoms with van der Waals surface area (Å²) >= 11 is 0. The summed E-state index contributed by atoms with van der Waals surface area (Å²) in [4.78, 5) is 16.3. The first-order valence-corrected chi connectivity index (χ1v) is 23.6. The summed E-state index contributed by atoms with van der Waals surface area (Å²) in [5, 5.41) is 0. The highest BCUT2D eigenvalue weighted by molar-refractivity contribution is 7.91. The van der Waals surface area contributed by atoms with Crippen molar-refractivity contribution in [3.8, 4) is 45.0 Å². The average Bonchev–Trinajstić information content (AvgIpc) is 3.79. The Bertz CT molecular complexity index is 3250. The first-order chi connectivity index (χ1) is 31.0. The number of allylic oxidation sites excluding steroid dienone is 1. The minimum atomic E-state index is -4.56. The number of sulfone groups is 2. The maximum Gasteiger partial charge on any atom is 0.416 e. The summed E-state index contributed by atoms with van der Waals surface area (Å²) in [6.45, 7) is 8.85. The molecule has 0 unspecified atom stereocenters. The zero-order chi connectivity index (χ0) is 48.1. The molecule has 344 valence electrons. The fourth-order valence-electron chi connectivity index (χ4n) is 7.50. The van der Waals surface area contributed by atoms with Crippen LogP contribution in [0.15, 0.2) is 107 Å². The minimum absolute atomic E-state index is 0.0456. The second-order valence-corrected chi connectivity index (χ2v) is 19.9. The topological polar surface area (TPSA) is 125 Å². The van der Waals surface area contributed by atoms with Crippen LogP contribution in [0.5, 0.6) is 0 Å². The van der Waals surface area contributed by atoms with Gasteiger partial charge in [0.1, 0.15) is 22.8 Å². The molecule has 0 amide bonds. The van der Waals surface area contributed by atoms with E-state index >= 15 is 8.78 Å². The Morgan fingerprint density at radius 3 is 1.64 bits per heavy atom. The molecule has 19 heteroatoms. The standard InChI is InChI=1S/C24H21F4N3O2S.C23H18F4N2O2S/c1-4-31-13-14(3)9-18-23(31)20(25)22(30-18)21-19(34(32,33)5-2)11-16(12-29-21)15-7-6-8-17(10-15)24(26,27)28;1-3-32(30,31)19-10-16(14-5-4-6-17(8-14)23(25,26)27)12-29-22(19)18-9-15-7-13(2)11-28-21(15)20(18)24/h6-13H,4-5H2,1-3H3;4-8,10-12H,3,9H2,1-2H3. The first-order valence-electron chi connectivity index (χ1n) is 20.3. The van der Waals surface area contributed by atoms with Crippen LogP contribution in [-0.2, 0) is 45.0 Å². The van der Waals surface area contributed by atoms with Gasteiger partial charge in [-0.1, -0.05) is 44.2 Å². The van der Waals surface area contributed by atoms with E-state index in [1.807, 2.05) is 20.8 Å². The molecule has 5 heterocycles. The maximum absolute atomic E-state index is 15.5. The molecule has 2 aliphatic heterocycles. The summed E-state index contributed by atoms with van der Waals surface area (Å²) < 4.78 is 163. The molecule has 0 radical (unpaired) electrons. The Balaban J connectivity index is 0.000000197. The molecular weight excluding hydrogens is 915 g/mol. The normalized spacial score (nSPS) is 13.2. The molecule has 0 spiro atoms. The quantitative estimate of drug-likeness (QED) is 0.131. The third-order valence-electron chi connectivity index (χ3n) is 10.9. The summed E-state index contributed by atoms with van der Waals surface area (Å²) in [6.07, 6.45) is -3.19. The van der Waals surface area contributed by atoms with Gasteiger partial charge in [0.25, 0.3) is 0 Å². The van der Waals surface area contributed by atoms with Crippen LogP contribution in [0.1, 0.15) is 60.0 Å². The molecule has 1 aliphatic carbocycles. The Kier molecular flexibility index (Phi) is 12.8. The van der Waals surface area contributed by atoms with Gasteiger partial charge in [-0.3, -0.25) is 15.0 Å². The molecule has 0 atom stereocenters. The van der Waals surface area contributed by atoms with Crippen molar-refractivity contribution in [2.75, 3.05) is 11.5 Å². The monoisotopic (exact) mass is 953 g/mol. The number of hydrogen-bond donors (Lipinski definition) is 0. The van der Waals surface area contributed by atoms with Crippen molar-refractivity contribution in [3.05, 3.63) is 143 Å². The Morgan fingerprint density at radius 1 is 0.606 bits per heavy atom. The highest BCUT2D eigenvalue weighted by Crippen LogP contribution is 2.42. The first kappa shape index (κ1) is 47.6. The number of rotatable bonds is 9. The molecule has 0 fully saturated rings. The molecule has 5 aromatic rings. The SMILES string of the molecule is CCS(=O)(=O)c1cc(-c2cccc(C(F)(F)F)c2)cnc1C1=C(F)c2ncc(C)cc2C1.CCn1cc(C)cc2nc(-c3ncc(-c4cccc(C(F)(F)F)c4)cc3S(=O)(=O)CC)c(F)c1-2. The van der Waals surface area contributed by atoms with Crippen LogP contribution in [-0.4, -0.2) is 52.8 Å². The highest BCUT2D eigenvalue weighted by Gasteiger charge is 2.34. The number of hydrogen-bond acceptors (Lipinski definition) is 8. The van der Waals surface area contributed by atoms with Crippen molar-refractivity contribution in [1.82, 2.24) is 24.5 Å². The molecule has 0 N–H and O–H groups in total. The van der Waals surface area contributed by atoms with Crippen LogP contribution in [0.3, 0.4) is 0 Å². The Labute approximate surface area is 375 Å². The van der Waals surface area contributed by atoms with Crippen molar-refractivity contribution in [2.24, 2.45) is 0 Å². The molecular formula is C47H39F8N5O4S2. The van der Waals surface area contributed by atoms with Crippen LogP contribution < -0.4 is 0 Å². The van der Waals surface area contributed by atoms with Crippen LogP contribution in [0.2, 0.25) is 0 Å².